The highest BCUT2D eigenvalue weighted by atomic mass is 16.5. The number of nitrogens with one attached hydrogen (secondary N) is 1. The zero-order chi connectivity index (χ0) is 10.7. The molecule has 15 heavy (non-hydrogen) atoms. The number of hydrogen-bond donors (Lipinski definition) is 1. The maximum Gasteiger partial charge on any atom is 0.335 e. The summed E-state index contributed by atoms with van der Waals surface area (Å²) in [4.78, 5) is 11.6. The normalized spacial score (nSPS) is 23.3. The zero-order valence-electron chi connectivity index (χ0n) is 9.34. The fraction of sp³-hybridized carbons (Fsp3) is 0.750. The second-order valence-corrected chi connectivity index (χ2v) is 4.40. The van der Waals surface area contributed by atoms with E-state index in [1.165, 1.54) is 38.4 Å². The van der Waals surface area contributed by atoms with Gasteiger partial charge in [0.2, 0.25) is 0 Å². The molecule has 3 nitrogen and oxygen atoms in total. The monoisotopic (exact) mass is 209 g/mol. The summed E-state index contributed by atoms with van der Waals surface area (Å²) in [5.74, 6) is 0.519. The van der Waals surface area contributed by atoms with Crippen LogP contribution in [0.3, 0.4) is 0 Å². The fourth-order valence-electron chi connectivity index (χ4n) is 2.75. The highest BCUT2D eigenvalue weighted by Crippen LogP contribution is 2.35. The first-order chi connectivity index (χ1) is 7.33. The van der Waals surface area contributed by atoms with Crippen molar-refractivity contribution in [2.75, 3.05) is 20.2 Å². The van der Waals surface area contributed by atoms with Crippen LogP contribution in [-0.4, -0.2) is 26.2 Å². The summed E-state index contributed by atoms with van der Waals surface area (Å²) >= 11 is 0. The van der Waals surface area contributed by atoms with E-state index in [1.54, 1.807) is 0 Å². The molecular weight excluding hydrogens is 190 g/mol. The average molecular weight is 209 g/mol. The molecule has 1 saturated carbocycles. The minimum Gasteiger partial charge on any atom is -0.466 e. The lowest BCUT2D eigenvalue weighted by Gasteiger charge is -2.24. The summed E-state index contributed by atoms with van der Waals surface area (Å²) in [5, 5.41) is 3.24. The molecule has 1 heterocycles. The van der Waals surface area contributed by atoms with Gasteiger partial charge in [0.05, 0.1) is 12.7 Å². The van der Waals surface area contributed by atoms with Gasteiger partial charge in [0, 0.05) is 6.54 Å². The van der Waals surface area contributed by atoms with Gasteiger partial charge in [-0.2, -0.15) is 0 Å². The van der Waals surface area contributed by atoms with Crippen LogP contribution < -0.4 is 5.32 Å². The Balaban J connectivity index is 2.20. The smallest absolute Gasteiger partial charge is 0.335 e. The average Bonchev–Trinajstić information content (AvgIpc) is 2.81. The second-order valence-electron chi connectivity index (χ2n) is 4.40. The van der Waals surface area contributed by atoms with Crippen molar-refractivity contribution in [1.29, 1.82) is 0 Å². The Hall–Kier alpha value is -0.830. The quantitative estimate of drug-likeness (QED) is 0.703. The number of rotatable bonds is 2. The summed E-state index contributed by atoms with van der Waals surface area (Å²) < 4.78 is 4.84. The number of methoxy groups -OCH3 is 1. The standard InChI is InChI=1S/C12H19NO2/c1-15-12(14)11-8-13-7-6-10(11)9-4-2-3-5-9/h9,13H,2-8H2,1H3. The molecule has 3 heteroatoms. The zero-order valence-corrected chi connectivity index (χ0v) is 9.34. The van der Waals surface area contributed by atoms with Gasteiger partial charge in [0.25, 0.3) is 0 Å². The first-order valence-corrected chi connectivity index (χ1v) is 5.84. The van der Waals surface area contributed by atoms with Crippen LogP contribution in [0.4, 0.5) is 0 Å². The highest BCUT2D eigenvalue weighted by molar-refractivity contribution is 5.90. The van der Waals surface area contributed by atoms with Gasteiger partial charge in [-0.25, -0.2) is 4.79 Å². The SMILES string of the molecule is COC(=O)C1=C(C2CCCC2)CCNC1. The fourth-order valence-corrected chi connectivity index (χ4v) is 2.75. The van der Waals surface area contributed by atoms with Crippen molar-refractivity contribution >= 4 is 5.97 Å². The predicted octanol–water partition coefficient (Wildman–Crippen LogP) is 1.64. The van der Waals surface area contributed by atoms with E-state index < -0.39 is 0 Å². The Morgan fingerprint density at radius 1 is 1.40 bits per heavy atom. The Kier molecular flexibility index (Phi) is 3.41. The molecule has 2 rings (SSSR count). The van der Waals surface area contributed by atoms with E-state index >= 15 is 0 Å². The molecule has 0 radical (unpaired) electrons. The summed E-state index contributed by atoms with van der Waals surface area (Å²) in [6.07, 6.45) is 6.17. The first-order valence-electron chi connectivity index (χ1n) is 5.84. The van der Waals surface area contributed by atoms with Gasteiger partial charge >= 0.3 is 5.97 Å². The molecule has 0 amide bonds. The van der Waals surface area contributed by atoms with Crippen LogP contribution in [0.5, 0.6) is 0 Å². The molecule has 0 atom stereocenters. The molecule has 0 unspecified atom stereocenters. The molecule has 0 saturated heterocycles. The van der Waals surface area contributed by atoms with Gasteiger partial charge < -0.3 is 10.1 Å². The summed E-state index contributed by atoms with van der Waals surface area (Å²) in [6.45, 7) is 1.70. The van der Waals surface area contributed by atoms with Crippen molar-refractivity contribution in [3.63, 3.8) is 0 Å². The predicted molar refractivity (Wildman–Crippen MR) is 58.5 cm³/mol. The summed E-state index contributed by atoms with van der Waals surface area (Å²) in [7, 11) is 1.47. The Morgan fingerprint density at radius 2 is 2.13 bits per heavy atom. The van der Waals surface area contributed by atoms with E-state index in [1.807, 2.05) is 0 Å². The van der Waals surface area contributed by atoms with Crippen molar-refractivity contribution in [1.82, 2.24) is 5.32 Å². The molecule has 0 aromatic heterocycles. The lowest BCUT2D eigenvalue weighted by molar-refractivity contribution is -0.136. The third-order valence-corrected chi connectivity index (χ3v) is 3.54. The van der Waals surface area contributed by atoms with Crippen molar-refractivity contribution in [3.8, 4) is 0 Å². The van der Waals surface area contributed by atoms with Crippen molar-refractivity contribution in [3.05, 3.63) is 11.1 Å². The second kappa shape index (κ2) is 4.79. The topological polar surface area (TPSA) is 38.3 Å². The van der Waals surface area contributed by atoms with Crippen LogP contribution in [0.15, 0.2) is 11.1 Å². The Morgan fingerprint density at radius 3 is 2.80 bits per heavy atom. The highest BCUT2D eigenvalue weighted by Gasteiger charge is 2.27. The molecule has 1 N–H and O–H groups in total. The number of hydrogen-bond acceptors (Lipinski definition) is 3. The molecule has 0 aromatic carbocycles. The van der Waals surface area contributed by atoms with E-state index in [0.717, 1.165) is 18.5 Å². The third-order valence-electron chi connectivity index (χ3n) is 3.54. The number of carbonyl (C=O) groups is 1. The molecule has 0 spiro atoms. The molecule has 1 aliphatic heterocycles. The van der Waals surface area contributed by atoms with Crippen LogP contribution in [0, 0.1) is 5.92 Å². The van der Waals surface area contributed by atoms with Gasteiger partial charge in [-0.3, -0.25) is 0 Å². The van der Waals surface area contributed by atoms with Gasteiger partial charge in [0.1, 0.15) is 0 Å². The first kappa shape index (κ1) is 10.7. The number of ether oxygens (including phenoxy) is 1. The van der Waals surface area contributed by atoms with Gasteiger partial charge in [-0.15, -0.1) is 0 Å². The van der Waals surface area contributed by atoms with Crippen LogP contribution in [-0.2, 0) is 9.53 Å². The minimum atomic E-state index is -0.135. The van der Waals surface area contributed by atoms with Crippen LogP contribution >= 0.6 is 0 Å². The van der Waals surface area contributed by atoms with Crippen molar-refractivity contribution < 1.29 is 9.53 Å². The van der Waals surface area contributed by atoms with E-state index in [-0.39, 0.29) is 5.97 Å². The number of esters is 1. The third kappa shape index (κ3) is 2.23. The van der Waals surface area contributed by atoms with Crippen molar-refractivity contribution in [2.24, 2.45) is 5.92 Å². The maximum absolute atomic E-state index is 11.6. The minimum absolute atomic E-state index is 0.135. The molecule has 2 aliphatic rings. The Bertz CT molecular complexity index is 277. The Labute approximate surface area is 90.9 Å². The molecule has 1 fully saturated rings. The lowest BCUT2D eigenvalue weighted by atomic mass is 9.88. The van der Waals surface area contributed by atoms with E-state index in [9.17, 15) is 4.79 Å². The maximum atomic E-state index is 11.6. The molecular formula is C12H19NO2. The lowest BCUT2D eigenvalue weighted by Crippen LogP contribution is -2.31. The van der Waals surface area contributed by atoms with E-state index in [4.69, 9.17) is 4.74 Å². The van der Waals surface area contributed by atoms with Crippen LogP contribution in [0.25, 0.3) is 0 Å². The molecule has 0 aromatic rings. The van der Waals surface area contributed by atoms with E-state index in [2.05, 4.69) is 5.32 Å². The van der Waals surface area contributed by atoms with E-state index in [0.29, 0.717) is 12.5 Å². The largest absolute Gasteiger partial charge is 0.466 e. The molecule has 1 aliphatic carbocycles. The van der Waals surface area contributed by atoms with Gasteiger partial charge in [-0.05, 0) is 31.7 Å². The number of carbonyl (C=O) groups excluding carboxylic acids is 1. The van der Waals surface area contributed by atoms with Crippen molar-refractivity contribution in [2.45, 2.75) is 32.1 Å². The molecule has 84 valence electrons. The van der Waals surface area contributed by atoms with Gasteiger partial charge in [0.15, 0.2) is 0 Å². The summed E-state index contributed by atoms with van der Waals surface area (Å²) in [6, 6.07) is 0. The summed E-state index contributed by atoms with van der Waals surface area (Å²) in [5.41, 5.74) is 2.27. The van der Waals surface area contributed by atoms with Gasteiger partial charge in [-0.1, -0.05) is 18.4 Å². The molecule has 0 bridgehead atoms. The van der Waals surface area contributed by atoms with Crippen LogP contribution in [0.1, 0.15) is 32.1 Å². The van der Waals surface area contributed by atoms with Crippen LogP contribution in [0.2, 0.25) is 0 Å².